The summed E-state index contributed by atoms with van der Waals surface area (Å²) in [4.78, 5) is 24.1. The molecule has 2 rings (SSSR count). The van der Waals surface area contributed by atoms with Crippen molar-refractivity contribution < 1.29 is 14.7 Å². The number of carbonyl (C=O) groups is 2. The standard InChI is InChI=1S/C14H16ClNO3/c1-16(7-6-13(17)18)14(19)11-8-10(11)9-4-2-3-5-12(9)15/h2-5,10-11H,6-8H2,1H3,(H,17,18)/t10-,11+/m0/s1. The van der Waals surface area contributed by atoms with Crippen molar-refractivity contribution in [3.63, 3.8) is 0 Å². The summed E-state index contributed by atoms with van der Waals surface area (Å²) in [5.41, 5.74) is 1.01. The smallest absolute Gasteiger partial charge is 0.305 e. The third-order valence-corrected chi connectivity index (χ3v) is 3.79. The van der Waals surface area contributed by atoms with Gasteiger partial charge in [-0.15, -0.1) is 0 Å². The molecule has 0 bridgehead atoms. The minimum Gasteiger partial charge on any atom is -0.481 e. The van der Waals surface area contributed by atoms with Gasteiger partial charge >= 0.3 is 5.97 Å². The van der Waals surface area contributed by atoms with Crippen molar-refractivity contribution in [3.05, 3.63) is 34.9 Å². The molecule has 1 N–H and O–H groups in total. The molecule has 4 nitrogen and oxygen atoms in total. The highest BCUT2D eigenvalue weighted by molar-refractivity contribution is 6.31. The third kappa shape index (κ3) is 3.26. The van der Waals surface area contributed by atoms with Crippen LogP contribution in [0.1, 0.15) is 24.3 Å². The first-order valence-corrected chi connectivity index (χ1v) is 6.59. The van der Waals surface area contributed by atoms with Gasteiger partial charge in [0.15, 0.2) is 0 Å². The fraction of sp³-hybridized carbons (Fsp3) is 0.429. The Hall–Kier alpha value is -1.55. The van der Waals surface area contributed by atoms with E-state index in [9.17, 15) is 9.59 Å². The lowest BCUT2D eigenvalue weighted by atomic mass is 10.1. The highest BCUT2D eigenvalue weighted by Gasteiger charge is 2.45. The van der Waals surface area contributed by atoms with E-state index >= 15 is 0 Å². The number of carboxylic acid groups (broad SMARTS) is 1. The summed E-state index contributed by atoms with van der Waals surface area (Å²) in [5, 5.41) is 9.30. The second kappa shape index (κ2) is 5.61. The Labute approximate surface area is 117 Å². The Balaban J connectivity index is 1.94. The number of halogens is 1. The Kier molecular flexibility index (Phi) is 4.10. The Bertz CT molecular complexity index is 503. The normalized spacial score (nSPS) is 20.9. The lowest BCUT2D eigenvalue weighted by molar-refractivity contribution is -0.138. The summed E-state index contributed by atoms with van der Waals surface area (Å²) < 4.78 is 0. The van der Waals surface area contributed by atoms with Crippen LogP contribution in [0.3, 0.4) is 0 Å². The van der Waals surface area contributed by atoms with E-state index in [0.717, 1.165) is 12.0 Å². The predicted molar refractivity (Wildman–Crippen MR) is 72.2 cm³/mol. The SMILES string of the molecule is CN(CCC(=O)O)C(=O)[C@@H]1C[C@H]1c1ccccc1Cl. The van der Waals surface area contributed by atoms with Crippen LogP contribution in [-0.4, -0.2) is 35.5 Å². The maximum atomic E-state index is 12.1. The van der Waals surface area contributed by atoms with Gasteiger partial charge in [0.2, 0.25) is 5.91 Å². The van der Waals surface area contributed by atoms with E-state index in [2.05, 4.69) is 0 Å². The molecule has 0 saturated heterocycles. The summed E-state index contributed by atoms with van der Waals surface area (Å²) >= 11 is 6.11. The van der Waals surface area contributed by atoms with E-state index in [4.69, 9.17) is 16.7 Å². The predicted octanol–water partition coefficient (Wildman–Crippen LogP) is 2.38. The maximum absolute atomic E-state index is 12.1. The van der Waals surface area contributed by atoms with Crippen LogP contribution < -0.4 is 0 Å². The van der Waals surface area contributed by atoms with E-state index < -0.39 is 5.97 Å². The summed E-state index contributed by atoms with van der Waals surface area (Å²) in [6.07, 6.45) is 0.770. The molecule has 1 amide bonds. The first-order valence-electron chi connectivity index (χ1n) is 6.22. The molecular formula is C14H16ClNO3. The van der Waals surface area contributed by atoms with Crippen molar-refractivity contribution in [3.8, 4) is 0 Å². The number of hydrogen-bond donors (Lipinski definition) is 1. The molecule has 0 spiro atoms. The first kappa shape index (κ1) is 13.9. The zero-order valence-electron chi connectivity index (χ0n) is 10.7. The number of rotatable bonds is 5. The van der Waals surface area contributed by atoms with Gasteiger partial charge in [-0.25, -0.2) is 0 Å². The number of aliphatic carboxylic acids is 1. The highest BCUT2D eigenvalue weighted by Crippen LogP contribution is 2.50. The highest BCUT2D eigenvalue weighted by atomic mass is 35.5. The lowest BCUT2D eigenvalue weighted by Gasteiger charge is -2.16. The average Bonchev–Trinajstić information content (AvgIpc) is 3.15. The Morgan fingerprint density at radius 2 is 2.11 bits per heavy atom. The molecule has 1 saturated carbocycles. The van der Waals surface area contributed by atoms with Gasteiger partial charge in [-0.3, -0.25) is 9.59 Å². The molecule has 0 radical (unpaired) electrons. The van der Waals surface area contributed by atoms with Gasteiger partial charge in [-0.2, -0.15) is 0 Å². The molecule has 19 heavy (non-hydrogen) atoms. The van der Waals surface area contributed by atoms with E-state index in [-0.39, 0.29) is 30.7 Å². The van der Waals surface area contributed by atoms with Crippen molar-refractivity contribution >= 4 is 23.5 Å². The van der Waals surface area contributed by atoms with E-state index in [1.165, 1.54) is 4.90 Å². The van der Waals surface area contributed by atoms with Crippen LogP contribution in [0.25, 0.3) is 0 Å². The molecule has 0 aromatic heterocycles. The largest absolute Gasteiger partial charge is 0.481 e. The molecule has 5 heteroatoms. The molecule has 0 unspecified atom stereocenters. The summed E-state index contributed by atoms with van der Waals surface area (Å²) in [5.74, 6) is -0.767. The van der Waals surface area contributed by atoms with Crippen molar-refractivity contribution in [2.45, 2.75) is 18.8 Å². The fourth-order valence-corrected chi connectivity index (χ4v) is 2.52. The third-order valence-electron chi connectivity index (χ3n) is 3.45. The summed E-state index contributed by atoms with van der Waals surface area (Å²) in [6, 6.07) is 7.54. The molecule has 1 aromatic carbocycles. The van der Waals surface area contributed by atoms with Gasteiger partial charge in [-0.1, -0.05) is 29.8 Å². The van der Waals surface area contributed by atoms with Crippen LogP contribution in [0.2, 0.25) is 5.02 Å². The van der Waals surface area contributed by atoms with Gasteiger partial charge in [0.25, 0.3) is 0 Å². The zero-order valence-corrected chi connectivity index (χ0v) is 11.4. The van der Waals surface area contributed by atoms with Gasteiger partial charge in [0, 0.05) is 24.5 Å². The number of amides is 1. The second-order valence-corrected chi connectivity index (χ2v) is 5.28. The van der Waals surface area contributed by atoms with Crippen LogP contribution in [0.15, 0.2) is 24.3 Å². The lowest BCUT2D eigenvalue weighted by Crippen LogP contribution is -2.30. The quantitative estimate of drug-likeness (QED) is 0.901. The van der Waals surface area contributed by atoms with Gasteiger partial charge in [0.05, 0.1) is 6.42 Å². The van der Waals surface area contributed by atoms with Crippen LogP contribution in [0, 0.1) is 5.92 Å². The zero-order chi connectivity index (χ0) is 14.0. The molecule has 1 fully saturated rings. The van der Waals surface area contributed by atoms with Crippen LogP contribution in [0.5, 0.6) is 0 Å². The molecule has 0 aliphatic heterocycles. The van der Waals surface area contributed by atoms with Crippen molar-refractivity contribution in [1.29, 1.82) is 0 Å². The van der Waals surface area contributed by atoms with Crippen LogP contribution in [-0.2, 0) is 9.59 Å². The number of carboxylic acids is 1. The first-order chi connectivity index (χ1) is 9.00. The van der Waals surface area contributed by atoms with Gasteiger partial charge in [-0.05, 0) is 24.0 Å². The molecule has 1 aliphatic carbocycles. The van der Waals surface area contributed by atoms with Crippen molar-refractivity contribution in [2.24, 2.45) is 5.92 Å². The van der Waals surface area contributed by atoms with Gasteiger partial charge in [0.1, 0.15) is 0 Å². The minimum atomic E-state index is -0.891. The minimum absolute atomic E-state index is 0.00571. The molecule has 1 aromatic rings. The number of benzene rings is 1. The monoisotopic (exact) mass is 281 g/mol. The molecule has 1 aliphatic rings. The topological polar surface area (TPSA) is 57.6 Å². The number of nitrogens with zero attached hydrogens (tertiary/aromatic N) is 1. The number of hydrogen-bond acceptors (Lipinski definition) is 2. The average molecular weight is 282 g/mol. The summed E-state index contributed by atoms with van der Waals surface area (Å²) in [6.45, 7) is 0.250. The summed E-state index contributed by atoms with van der Waals surface area (Å²) in [7, 11) is 1.65. The number of carbonyl (C=O) groups excluding carboxylic acids is 1. The van der Waals surface area contributed by atoms with Crippen LogP contribution in [0.4, 0.5) is 0 Å². The molecular weight excluding hydrogens is 266 g/mol. The Morgan fingerprint density at radius 3 is 2.74 bits per heavy atom. The fourth-order valence-electron chi connectivity index (χ4n) is 2.24. The van der Waals surface area contributed by atoms with E-state index in [0.29, 0.717) is 5.02 Å². The Morgan fingerprint density at radius 1 is 1.42 bits per heavy atom. The van der Waals surface area contributed by atoms with E-state index in [1.807, 2.05) is 24.3 Å². The second-order valence-electron chi connectivity index (χ2n) is 4.87. The van der Waals surface area contributed by atoms with Crippen molar-refractivity contribution in [1.82, 2.24) is 4.90 Å². The molecule has 102 valence electrons. The van der Waals surface area contributed by atoms with Crippen LogP contribution >= 0.6 is 11.6 Å². The van der Waals surface area contributed by atoms with Gasteiger partial charge < -0.3 is 10.0 Å². The van der Waals surface area contributed by atoms with Crippen molar-refractivity contribution in [2.75, 3.05) is 13.6 Å². The molecule has 0 heterocycles. The maximum Gasteiger partial charge on any atom is 0.305 e. The van der Waals surface area contributed by atoms with E-state index in [1.54, 1.807) is 7.05 Å². The molecule has 2 atom stereocenters.